The van der Waals surface area contributed by atoms with Crippen LogP contribution in [-0.4, -0.2) is 56.7 Å². The number of amides is 1. The molecule has 0 aromatic heterocycles. The molecule has 0 atom stereocenters. The fourth-order valence-electron chi connectivity index (χ4n) is 4.36. The maximum Gasteiger partial charge on any atom is 0.346 e. The van der Waals surface area contributed by atoms with Gasteiger partial charge in [-0.3, -0.25) is 9.69 Å². The number of hydrogen-bond acceptors (Lipinski definition) is 10. The number of fused-ring (bicyclic) bond motifs is 1. The number of para-hydroxylation sites is 1. The molecule has 4 rings (SSSR count). The van der Waals surface area contributed by atoms with Gasteiger partial charge in [0.05, 0.1) is 48.8 Å². The number of anilines is 1. The summed E-state index contributed by atoms with van der Waals surface area (Å²) in [5, 5.41) is 0. The first-order valence-corrected chi connectivity index (χ1v) is 14.0. The van der Waals surface area contributed by atoms with E-state index in [4.69, 9.17) is 31.2 Å². The fraction of sp³-hybridized carbons (Fsp3) is 0.241. The number of esters is 2. The lowest BCUT2D eigenvalue weighted by atomic mass is 9.83. The van der Waals surface area contributed by atoms with Crippen molar-refractivity contribution in [1.82, 2.24) is 0 Å². The molecule has 0 radical (unpaired) electrons. The molecule has 0 N–H and O–H groups in total. The normalized spacial score (nSPS) is 16.2. The molecule has 0 saturated heterocycles. The molecule has 2 heterocycles. The highest BCUT2D eigenvalue weighted by molar-refractivity contribution is 8.29. The van der Waals surface area contributed by atoms with E-state index in [-0.39, 0.29) is 15.7 Å². The molecule has 2 aromatic carbocycles. The van der Waals surface area contributed by atoms with E-state index in [9.17, 15) is 14.4 Å². The maximum absolute atomic E-state index is 13.7. The van der Waals surface area contributed by atoms with Crippen LogP contribution in [-0.2, 0) is 23.9 Å². The minimum absolute atomic E-state index is 0.135. The maximum atomic E-state index is 13.7. The number of rotatable bonds is 6. The van der Waals surface area contributed by atoms with Gasteiger partial charge in [-0.1, -0.05) is 60.0 Å². The largest absolute Gasteiger partial charge is 0.493 e. The summed E-state index contributed by atoms with van der Waals surface area (Å²) < 4.78 is 21.1. The minimum atomic E-state index is -0.925. The van der Waals surface area contributed by atoms with Gasteiger partial charge in [-0.05, 0) is 43.7 Å². The average Bonchev–Trinajstić information content (AvgIpc) is 3.40. The van der Waals surface area contributed by atoms with Crippen LogP contribution < -0.4 is 14.4 Å². The van der Waals surface area contributed by atoms with Gasteiger partial charge in [0.1, 0.15) is 9.81 Å². The molecule has 0 bridgehead atoms. The smallest absolute Gasteiger partial charge is 0.346 e. The molecule has 0 aliphatic carbocycles. The molecule has 208 valence electrons. The van der Waals surface area contributed by atoms with Crippen molar-refractivity contribution in [3.8, 4) is 11.5 Å². The Kier molecular flexibility index (Phi) is 8.77. The molecule has 0 unspecified atom stereocenters. The lowest BCUT2D eigenvalue weighted by molar-refractivity contribution is -0.138. The molecule has 2 aliphatic heterocycles. The Bertz CT molecular complexity index is 1480. The van der Waals surface area contributed by atoms with Crippen molar-refractivity contribution < 1.29 is 33.3 Å². The summed E-state index contributed by atoms with van der Waals surface area (Å²) in [6, 6.07) is 12.8. The van der Waals surface area contributed by atoms with Crippen LogP contribution in [0.2, 0.25) is 0 Å². The lowest BCUT2D eigenvalue weighted by Crippen LogP contribution is -2.55. The summed E-state index contributed by atoms with van der Waals surface area (Å²) in [4.78, 5) is 41.1. The zero-order valence-electron chi connectivity index (χ0n) is 22.7. The Morgan fingerprint density at radius 2 is 1.48 bits per heavy atom. The standard InChI is InChI=1S/C29H27NO7S3/c1-29(2)25(38)22(28-39-23(26(32)36-5)24(40-28)27(33)37-6)17-9-7-8-10-18(17)30(29)21(31)14-12-16-11-13-19(34-3)20(15-16)35-4/h7-15H,1-6H3/b14-12+. The first-order valence-electron chi connectivity index (χ1n) is 12.0. The van der Waals surface area contributed by atoms with Crippen LogP contribution in [0.25, 0.3) is 11.6 Å². The highest BCUT2D eigenvalue weighted by atomic mass is 32.2. The quantitative estimate of drug-likeness (QED) is 0.237. The van der Waals surface area contributed by atoms with Crippen LogP contribution in [0.15, 0.2) is 62.6 Å². The summed E-state index contributed by atoms with van der Waals surface area (Å²) >= 11 is 8.22. The molecule has 2 aliphatic rings. The van der Waals surface area contributed by atoms with Crippen molar-refractivity contribution in [2.45, 2.75) is 19.4 Å². The van der Waals surface area contributed by atoms with Gasteiger partial charge in [-0.25, -0.2) is 9.59 Å². The molecule has 0 fully saturated rings. The highest BCUT2D eigenvalue weighted by Crippen LogP contribution is 2.56. The van der Waals surface area contributed by atoms with E-state index < -0.39 is 17.5 Å². The number of thioether (sulfide) groups is 2. The third-order valence-electron chi connectivity index (χ3n) is 6.34. The van der Waals surface area contributed by atoms with Crippen LogP contribution in [0, 0.1) is 0 Å². The molecule has 2 aromatic rings. The molecular formula is C29H27NO7S3. The van der Waals surface area contributed by atoms with Gasteiger partial charge in [-0.2, -0.15) is 0 Å². The Balaban J connectivity index is 1.77. The van der Waals surface area contributed by atoms with Crippen LogP contribution in [0.3, 0.4) is 0 Å². The molecule has 1 amide bonds. The van der Waals surface area contributed by atoms with Gasteiger partial charge in [0.2, 0.25) is 0 Å². The van der Waals surface area contributed by atoms with Crippen molar-refractivity contribution >= 4 is 75.8 Å². The van der Waals surface area contributed by atoms with E-state index in [1.165, 1.54) is 20.3 Å². The van der Waals surface area contributed by atoms with Crippen LogP contribution in [0.5, 0.6) is 11.5 Å². The third-order valence-corrected chi connectivity index (χ3v) is 9.61. The second-order valence-corrected chi connectivity index (χ2v) is 11.7. The number of carbonyl (C=O) groups excluding carboxylic acids is 3. The van der Waals surface area contributed by atoms with Gasteiger partial charge in [0, 0.05) is 17.2 Å². The Morgan fingerprint density at radius 1 is 0.875 bits per heavy atom. The number of carbonyl (C=O) groups is 3. The zero-order valence-corrected chi connectivity index (χ0v) is 25.2. The van der Waals surface area contributed by atoms with E-state index in [1.54, 1.807) is 37.3 Å². The van der Waals surface area contributed by atoms with E-state index in [1.807, 2.05) is 44.2 Å². The Labute approximate surface area is 246 Å². The molecule has 8 nitrogen and oxygen atoms in total. The van der Waals surface area contributed by atoms with Crippen LogP contribution in [0.4, 0.5) is 5.69 Å². The molecular weight excluding hydrogens is 571 g/mol. The Hall–Kier alpha value is -3.54. The number of thiocarbonyl (C=S) groups is 1. The van der Waals surface area contributed by atoms with E-state index in [2.05, 4.69) is 0 Å². The van der Waals surface area contributed by atoms with Gasteiger partial charge in [-0.15, -0.1) is 0 Å². The van der Waals surface area contributed by atoms with Gasteiger partial charge >= 0.3 is 11.9 Å². The first kappa shape index (κ1) is 29.4. The molecule has 11 heteroatoms. The van der Waals surface area contributed by atoms with Crippen molar-refractivity contribution in [3.63, 3.8) is 0 Å². The highest BCUT2D eigenvalue weighted by Gasteiger charge is 2.45. The summed E-state index contributed by atoms with van der Waals surface area (Å²) in [6.45, 7) is 3.74. The number of methoxy groups -OCH3 is 4. The average molecular weight is 598 g/mol. The second-order valence-electron chi connectivity index (χ2n) is 9.03. The molecule has 0 saturated carbocycles. The SMILES string of the molecule is COC(=O)C1=C(C(=O)OC)SC(=C2C(=S)C(C)(C)N(C(=O)/C=C/c3ccc(OC)c(OC)c3)c3ccccc32)S1. The van der Waals surface area contributed by atoms with E-state index in [0.717, 1.165) is 29.1 Å². The van der Waals surface area contributed by atoms with E-state index >= 15 is 0 Å². The zero-order chi connectivity index (χ0) is 29.2. The van der Waals surface area contributed by atoms with Crippen LogP contribution in [0.1, 0.15) is 25.0 Å². The number of hydrogen-bond donors (Lipinski definition) is 0. The van der Waals surface area contributed by atoms with Crippen LogP contribution >= 0.6 is 35.7 Å². The van der Waals surface area contributed by atoms with E-state index in [0.29, 0.717) is 37.4 Å². The predicted molar refractivity (Wildman–Crippen MR) is 162 cm³/mol. The number of benzene rings is 2. The topological polar surface area (TPSA) is 91.4 Å². The summed E-state index contributed by atoms with van der Waals surface area (Å²) in [5.41, 5.74) is 1.88. The Morgan fingerprint density at radius 3 is 2.05 bits per heavy atom. The first-order chi connectivity index (χ1) is 19.1. The molecule has 0 spiro atoms. The summed E-state index contributed by atoms with van der Waals surface area (Å²) in [5.74, 6) is -0.407. The van der Waals surface area contributed by atoms with Gasteiger partial charge in [0.25, 0.3) is 5.91 Å². The van der Waals surface area contributed by atoms with Gasteiger partial charge < -0.3 is 18.9 Å². The van der Waals surface area contributed by atoms with Gasteiger partial charge in [0.15, 0.2) is 11.5 Å². The fourth-order valence-corrected chi connectivity index (χ4v) is 7.39. The number of nitrogens with zero attached hydrogens (tertiary/aromatic N) is 1. The van der Waals surface area contributed by atoms with Crippen molar-refractivity contribution in [1.29, 1.82) is 0 Å². The monoisotopic (exact) mass is 597 g/mol. The molecule has 40 heavy (non-hydrogen) atoms. The third kappa shape index (κ3) is 5.28. The van der Waals surface area contributed by atoms with Crippen molar-refractivity contribution in [3.05, 3.63) is 73.7 Å². The van der Waals surface area contributed by atoms with Crippen molar-refractivity contribution in [2.75, 3.05) is 33.3 Å². The predicted octanol–water partition coefficient (Wildman–Crippen LogP) is 5.62. The summed E-state index contributed by atoms with van der Waals surface area (Å²) in [7, 11) is 5.62. The number of ether oxygens (including phenoxy) is 4. The minimum Gasteiger partial charge on any atom is -0.493 e. The lowest BCUT2D eigenvalue weighted by Gasteiger charge is -2.44. The second kappa shape index (κ2) is 11.9. The summed E-state index contributed by atoms with van der Waals surface area (Å²) in [6.07, 6.45) is 3.20. The van der Waals surface area contributed by atoms with Crippen molar-refractivity contribution in [2.24, 2.45) is 0 Å².